The molecule has 0 spiro atoms. The van der Waals surface area contributed by atoms with Crippen LogP contribution in [0.3, 0.4) is 0 Å². The zero-order chi connectivity index (χ0) is 19.4. The lowest BCUT2D eigenvalue weighted by molar-refractivity contribution is -0.116. The molecule has 0 bridgehead atoms. The second-order valence-corrected chi connectivity index (χ2v) is 9.83. The summed E-state index contributed by atoms with van der Waals surface area (Å²) in [5.41, 5.74) is 1.73. The van der Waals surface area contributed by atoms with E-state index >= 15 is 0 Å². The van der Waals surface area contributed by atoms with Crippen LogP contribution in [0.5, 0.6) is 0 Å². The van der Waals surface area contributed by atoms with Crippen molar-refractivity contribution in [2.75, 3.05) is 31.3 Å². The van der Waals surface area contributed by atoms with E-state index in [1.54, 1.807) is 0 Å². The van der Waals surface area contributed by atoms with Gasteiger partial charge in [0.15, 0.2) is 0 Å². The van der Waals surface area contributed by atoms with Crippen LogP contribution >= 0.6 is 0 Å². The van der Waals surface area contributed by atoms with Crippen molar-refractivity contribution in [3.8, 4) is 0 Å². The molecule has 1 N–H and O–H groups in total. The Bertz CT molecular complexity index is 719. The first-order valence-electron chi connectivity index (χ1n) is 9.03. The van der Waals surface area contributed by atoms with Crippen LogP contribution in [0, 0.1) is 0 Å². The largest absolute Gasteiger partial charge is 0.377 e. The fourth-order valence-electron chi connectivity index (χ4n) is 3.09. The van der Waals surface area contributed by atoms with E-state index in [0.717, 1.165) is 24.1 Å². The predicted molar refractivity (Wildman–Crippen MR) is 104 cm³/mol. The van der Waals surface area contributed by atoms with E-state index < -0.39 is 10.0 Å². The number of carbonyl (C=O) groups is 1. The van der Waals surface area contributed by atoms with Crippen molar-refractivity contribution in [2.45, 2.75) is 51.6 Å². The van der Waals surface area contributed by atoms with Gasteiger partial charge in [-0.2, -0.15) is 4.31 Å². The molecular formula is C19H30N2O4S. The molecule has 1 aromatic rings. The third-order valence-corrected chi connectivity index (χ3v) is 5.77. The fraction of sp³-hybridized carbons (Fsp3) is 0.632. The summed E-state index contributed by atoms with van der Waals surface area (Å²) in [6, 6.07) is 7.70. The molecule has 6 nitrogen and oxygen atoms in total. The minimum Gasteiger partial charge on any atom is -0.377 e. The van der Waals surface area contributed by atoms with Gasteiger partial charge in [-0.15, -0.1) is 0 Å². The monoisotopic (exact) mass is 382 g/mol. The fourth-order valence-corrected chi connectivity index (χ4v) is 3.95. The second kappa shape index (κ2) is 8.50. The molecule has 0 saturated carbocycles. The topological polar surface area (TPSA) is 75.7 Å². The first kappa shape index (κ1) is 20.9. The minimum atomic E-state index is -3.38. The van der Waals surface area contributed by atoms with E-state index in [1.807, 2.05) is 24.3 Å². The summed E-state index contributed by atoms with van der Waals surface area (Å²) in [4.78, 5) is 12.4. The molecule has 1 aliphatic rings. The smallest absolute Gasteiger partial charge is 0.225 e. The standard InChI is InChI=1S/C19H30N2O4S/c1-19(2,3)16-9-5-6-10-17(16)20-18(22)11-12-21(26(4,23)24)14-15-8-7-13-25-15/h5-6,9-10,15H,7-8,11-14H2,1-4H3,(H,20,22). The zero-order valence-electron chi connectivity index (χ0n) is 16.1. The molecule has 0 radical (unpaired) electrons. The van der Waals surface area contributed by atoms with Gasteiger partial charge in [0.05, 0.1) is 12.4 Å². The second-order valence-electron chi connectivity index (χ2n) is 7.85. The molecule has 1 heterocycles. The third kappa shape index (κ3) is 6.07. The van der Waals surface area contributed by atoms with Crippen molar-refractivity contribution in [2.24, 2.45) is 0 Å². The number of nitrogens with one attached hydrogen (secondary N) is 1. The van der Waals surface area contributed by atoms with Gasteiger partial charge in [0.25, 0.3) is 0 Å². The van der Waals surface area contributed by atoms with Gasteiger partial charge >= 0.3 is 0 Å². The van der Waals surface area contributed by atoms with Gasteiger partial charge in [-0.05, 0) is 29.9 Å². The molecule has 26 heavy (non-hydrogen) atoms. The lowest BCUT2D eigenvalue weighted by atomic mass is 9.86. The van der Waals surface area contributed by atoms with Crippen LogP contribution in [0.15, 0.2) is 24.3 Å². The van der Waals surface area contributed by atoms with E-state index in [1.165, 1.54) is 10.6 Å². The molecule has 7 heteroatoms. The number of amides is 1. The Morgan fingerprint density at radius 3 is 2.58 bits per heavy atom. The van der Waals surface area contributed by atoms with Gasteiger partial charge in [-0.25, -0.2) is 8.42 Å². The van der Waals surface area contributed by atoms with Gasteiger partial charge < -0.3 is 10.1 Å². The summed E-state index contributed by atoms with van der Waals surface area (Å²) >= 11 is 0. The van der Waals surface area contributed by atoms with Crippen LogP contribution in [-0.2, 0) is 25.0 Å². The molecule has 1 unspecified atom stereocenters. The molecule has 1 aliphatic heterocycles. The van der Waals surface area contributed by atoms with Crippen molar-refractivity contribution in [1.82, 2.24) is 4.31 Å². The molecule has 0 aromatic heterocycles. The van der Waals surface area contributed by atoms with Gasteiger partial charge in [0.1, 0.15) is 0 Å². The molecule has 146 valence electrons. The van der Waals surface area contributed by atoms with Gasteiger partial charge in [-0.3, -0.25) is 4.79 Å². The molecule has 1 amide bonds. The maximum atomic E-state index is 12.4. The Balaban J connectivity index is 1.98. The number of anilines is 1. The molecule has 1 aromatic carbocycles. The lowest BCUT2D eigenvalue weighted by Gasteiger charge is -2.24. The number of carbonyl (C=O) groups excluding carboxylic acids is 1. The first-order chi connectivity index (χ1) is 12.1. The zero-order valence-corrected chi connectivity index (χ0v) is 16.9. The number of rotatable bonds is 7. The number of hydrogen-bond acceptors (Lipinski definition) is 4. The minimum absolute atomic E-state index is 0.0746. The van der Waals surface area contributed by atoms with E-state index in [-0.39, 0.29) is 30.4 Å². The Labute approximate surface area is 157 Å². The Morgan fingerprint density at radius 2 is 2.00 bits per heavy atom. The molecule has 2 rings (SSSR count). The number of nitrogens with zero attached hydrogens (tertiary/aromatic N) is 1. The maximum absolute atomic E-state index is 12.4. The van der Waals surface area contributed by atoms with Crippen LogP contribution in [0.2, 0.25) is 0 Å². The van der Waals surface area contributed by atoms with E-state index in [2.05, 4.69) is 26.1 Å². The van der Waals surface area contributed by atoms with E-state index in [9.17, 15) is 13.2 Å². The van der Waals surface area contributed by atoms with Crippen molar-refractivity contribution in [1.29, 1.82) is 0 Å². The number of hydrogen-bond donors (Lipinski definition) is 1. The first-order valence-corrected chi connectivity index (χ1v) is 10.9. The van der Waals surface area contributed by atoms with Crippen molar-refractivity contribution >= 4 is 21.6 Å². The van der Waals surface area contributed by atoms with Crippen LogP contribution in [0.4, 0.5) is 5.69 Å². The highest BCUT2D eigenvalue weighted by atomic mass is 32.2. The molecule has 0 aliphatic carbocycles. The van der Waals surface area contributed by atoms with Crippen molar-refractivity contribution in [3.05, 3.63) is 29.8 Å². The molecular weight excluding hydrogens is 352 g/mol. The van der Waals surface area contributed by atoms with E-state index in [0.29, 0.717) is 13.2 Å². The summed E-state index contributed by atoms with van der Waals surface area (Å²) in [6.07, 6.45) is 3.02. The van der Waals surface area contributed by atoms with Crippen LogP contribution in [0.25, 0.3) is 0 Å². The summed E-state index contributed by atoms with van der Waals surface area (Å²) in [7, 11) is -3.38. The Kier molecular flexibility index (Phi) is 6.82. The SMILES string of the molecule is CC(C)(C)c1ccccc1NC(=O)CCN(CC1CCCO1)S(C)(=O)=O. The highest BCUT2D eigenvalue weighted by Gasteiger charge is 2.25. The van der Waals surface area contributed by atoms with Crippen LogP contribution in [-0.4, -0.2) is 50.7 Å². The van der Waals surface area contributed by atoms with Crippen LogP contribution < -0.4 is 5.32 Å². The number of ether oxygens (including phenoxy) is 1. The summed E-state index contributed by atoms with van der Waals surface area (Å²) in [6.45, 7) is 7.40. The Hall–Kier alpha value is -1.44. The predicted octanol–water partition coefficient (Wildman–Crippen LogP) is 2.75. The number of sulfonamides is 1. The number of para-hydroxylation sites is 1. The average molecular weight is 383 g/mol. The normalized spacial score (nSPS) is 18.3. The number of benzene rings is 1. The molecule has 1 fully saturated rings. The quantitative estimate of drug-likeness (QED) is 0.787. The average Bonchev–Trinajstić information content (AvgIpc) is 3.03. The summed E-state index contributed by atoms with van der Waals surface area (Å²) in [5.74, 6) is -0.192. The highest BCUT2D eigenvalue weighted by Crippen LogP contribution is 2.29. The summed E-state index contributed by atoms with van der Waals surface area (Å²) in [5, 5.41) is 2.93. The van der Waals surface area contributed by atoms with Gasteiger partial charge in [0.2, 0.25) is 15.9 Å². The summed E-state index contributed by atoms with van der Waals surface area (Å²) < 4.78 is 30.9. The van der Waals surface area contributed by atoms with Crippen molar-refractivity contribution < 1.29 is 17.9 Å². The van der Waals surface area contributed by atoms with Crippen molar-refractivity contribution in [3.63, 3.8) is 0 Å². The molecule has 1 atom stereocenters. The van der Waals surface area contributed by atoms with Gasteiger partial charge in [0, 0.05) is 31.8 Å². The maximum Gasteiger partial charge on any atom is 0.225 e. The van der Waals surface area contributed by atoms with Crippen LogP contribution in [0.1, 0.15) is 45.6 Å². The highest BCUT2D eigenvalue weighted by molar-refractivity contribution is 7.88. The third-order valence-electron chi connectivity index (χ3n) is 4.50. The Morgan fingerprint density at radius 1 is 1.31 bits per heavy atom. The van der Waals surface area contributed by atoms with E-state index in [4.69, 9.17) is 4.74 Å². The lowest BCUT2D eigenvalue weighted by Crippen LogP contribution is -2.38. The molecule has 1 saturated heterocycles. The van der Waals surface area contributed by atoms with Gasteiger partial charge in [-0.1, -0.05) is 39.0 Å².